The first-order chi connectivity index (χ1) is 18.8. The van der Waals surface area contributed by atoms with Crippen molar-refractivity contribution in [3.8, 4) is 11.5 Å². The molecule has 3 atom stereocenters. The van der Waals surface area contributed by atoms with Gasteiger partial charge >= 0.3 is 24.4 Å². The molecule has 0 aliphatic carbocycles. The van der Waals surface area contributed by atoms with E-state index < -0.39 is 42.5 Å². The van der Waals surface area contributed by atoms with E-state index in [0.29, 0.717) is 12.0 Å². The van der Waals surface area contributed by atoms with Gasteiger partial charge in [-0.3, -0.25) is 4.79 Å². The third-order valence-corrected chi connectivity index (χ3v) is 5.42. The van der Waals surface area contributed by atoms with E-state index in [-0.39, 0.29) is 49.6 Å². The van der Waals surface area contributed by atoms with Gasteiger partial charge in [0.25, 0.3) is 0 Å². The Morgan fingerprint density at radius 1 is 0.825 bits per heavy atom. The second-order valence-electron chi connectivity index (χ2n) is 10.3. The molecule has 1 aromatic carbocycles. The van der Waals surface area contributed by atoms with Gasteiger partial charge in [-0.2, -0.15) is 0 Å². The summed E-state index contributed by atoms with van der Waals surface area (Å²) in [6.45, 7) is 11.4. The highest BCUT2D eigenvalue weighted by Gasteiger charge is 2.30. The summed E-state index contributed by atoms with van der Waals surface area (Å²) in [5, 5.41) is 9.64. The van der Waals surface area contributed by atoms with Gasteiger partial charge in [0, 0.05) is 5.92 Å². The molecule has 12 heteroatoms. The second kappa shape index (κ2) is 17.9. The van der Waals surface area contributed by atoms with Crippen LogP contribution in [0.15, 0.2) is 18.2 Å². The van der Waals surface area contributed by atoms with E-state index >= 15 is 0 Å². The van der Waals surface area contributed by atoms with Gasteiger partial charge in [-0.15, -0.1) is 0 Å². The largest absolute Gasteiger partial charge is 0.513 e. The van der Waals surface area contributed by atoms with E-state index in [1.54, 1.807) is 6.92 Å². The minimum atomic E-state index is -1.41. The summed E-state index contributed by atoms with van der Waals surface area (Å²) in [5.41, 5.74) is 6.33. The van der Waals surface area contributed by atoms with Crippen molar-refractivity contribution < 1.29 is 52.7 Å². The van der Waals surface area contributed by atoms with Crippen LogP contribution < -0.4 is 15.2 Å². The summed E-state index contributed by atoms with van der Waals surface area (Å²) in [6.07, 6.45) is -1.12. The minimum absolute atomic E-state index is 0.00535. The number of aliphatic carboxylic acids is 1. The Kier molecular flexibility index (Phi) is 15.5. The summed E-state index contributed by atoms with van der Waals surface area (Å²) >= 11 is 0. The number of carboxylic acids is 1. The van der Waals surface area contributed by atoms with Crippen LogP contribution >= 0.6 is 0 Å². The number of unbranched alkanes of at least 4 members (excludes halogenated alkanes) is 2. The molecule has 1 rings (SSSR count). The lowest BCUT2D eigenvalue weighted by Gasteiger charge is -2.25. The maximum Gasteiger partial charge on any atom is 0.513 e. The maximum absolute atomic E-state index is 12.3. The predicted molar refractivity (Wildman–Crippen MR) is 144 cm³/mol. The fourth-order valence-corrected chi connectivity index (χ4v) is 3.40. The molecule has 40 heavy (non-hydrogen) atoms. The van der Waals surface area contributed by atoms with Crippen LogP contribution in [0, 0.1) is 11.8 Å². The molecule has 0 fully saturated rings. The van der Waals surface area contributed by atoms with E-state index in [1.165, 1.54) is 18.2 Å². The number of nitrogens with two attached hydrogens (primary N) is 1. The second-order valence-corrected chi connectivity index (χ2v) is 10.3. The van der Waals surface area contributed by atoms with Crippen LogP contribution in [-0.4, -0.2) is 61.5 Å². The maximum atomic E-state index is 12.3. The first kappa shape index (κ1) is 34.5. The highest BCUT2D eigenvalue weighted by atomic mass is 16.7. The molecule has 0 bridgehead atoms. The van der Waals surface area contributed by atoms with E-state index in [2.05, 4.69) is 0 Å². The van der Waals surface area contributed by atoms with Crippen LogP contribution in [-0.2, 0) is 23.7 Å². The van der Waals surface area contributed by atoms with Crippen molar-refractivity contribution in [2.24, 2.45) is 17.6 Å². The number of hydrogen-bond acceptors (Lipinski definition) is 11. The van der Waals surface area contributed by atoms with Crippen LogP contribution in [0.25, 0.3) is 0 Å². The van der Waals surface area contributed by atoms with Crippen molar-refractivity contribution in [1.82, 2.24) is 0 Å². The highest BCUT2D eigenvalue weighted by Crippen LogP contribution is 2.35. The topological polar surface area (TPSA) is 170 Å². The molecule has 0 spiro atoms. The van der Waals surface area contributed by atoms with Crippen LogP contribution in [0.2, 0.25) is 0 Å². The number of carbonyl (C=O) groups excluding carboxylic acids is 3. The monoisotopic (exact) mass is 569 g/mol. The van der Waals surface area contributed by atoms with Crippen LogP contribution in [0.3, 0.4) is 0 Å². The van der Waals surface area contributed by atoms with Gasteiger partial charge in [0.1, 0.15) is 12.1 Å². The Balaban J connectivity index is 3.20. The van der Waals surface area contributed by atoms with Crippen molar-refractivity contribution in [3.63, 3.8) is 0 Å². The lowest BCUT2D eigenvalue weighted by atomic mass is 9.87. The molecule has 0 aliphatic heterocycles. The molecule has 0 amide bonds. The lowest BCUT2D eigenvalue weighted by molar-refractivity contribution is -0.139. The molecule has 1 aromatic rings. The van der Waals surface area contributed by atoms with Crippen LogP contribution in [0.4, 0.5) is 14.4 Å². The number of hydrogen-bond donors (Lipinski definition) is 2. The molecule has 0 saturated heterocycles. The molecule has 226 valence electrons. The first-order valence-electron chi connectivity index (χ1n) is 13.5. The molecular formula is C28H43NO11. The minimum Gasteiger partial charge on any atom is -0.480 e. The average molecular weight is 570 g/mol. The van der Waals surface area contributed by atoms with Crippen molar-refractivity contribution in [1.29, 1.82) is 0 Å². The lowest BCUT2D eigenvalue weighted by Crippen LogP contribution is -2.38. The summed E-state index contributed by atoms with van der Waals surface area (Å²) in [5.74, 6) is -2.45. The molecular weight excluding hydrogens is 526 g/mol. The summed E-state index contributed by atoms with van der Waals surface area (Å²) in [4.78, 5) is 48.3. The Hall–Kier alpha value is -3.54. The average Bonchev–Trinajstić information content (AvgIpc) is 2.88. The van der Waals surface area contributed by atoms with Gasteiger partial charge in [-0.1, -0.05) is 53.5 Å². The number of carboxylic acid groups (broad SMARTS) is 1. The number of rotatable bonds is 16. The SMILES string of the molecule is CCCCCOC(=O)OC(C)CC(c1ccc(OC(=O)OCC(C)C)c(OC(=O)OCC(C)C)c1)[C@H](N)C(=O)O. The zero-order chi connectivity index (χ0) is 30.2. The molecule has 3 N–H and O–H groups in total. The summed E-state index contributed by atoms with van der Waals surface area (Å²) in [6, 6.07) is 2.72. The highest BCUT2D eigenvalue weighted by molar-refractivity contribution is 5.75. The predicted octanol–water partition coefficient (Wildman–Crippen LogP) is 5.65. The number of benzene rings is 1. The molecule has 0 aliphatic rings. The van der Waals surface area contributed by atoms with Crippen molar-refractivity contribution in [2.45, 2.75) is 85.3 Å². The van der Waals surface area contributed by atoms with Crippen molar-refractivity contribution in [3.05, 3.63) is 23.8 Å². The quantitative estimate of drug-likeness (QED) is 0.109. The molecule has 0 radical (unpaired) electrons. The molecule has 12 nitrogen and oxygen atoms in total. The number of carbonyl (C=O) groups is 4. The standard InChI is InChI=1S/C28H43NO11/c1-7-8-9-12-35-26(32)38-19(6)13-21(24(29)25(30)31)20-10-11-22(39-27(33)36-15-17(2)3)23(14-20)40-28(34)37-16-18(4)5/h10-11,14,17-19,21,24H,7-9,12-13,15-16,29H2,1-6H3,(H,30,31)/t19?,21?,24-/m0/s1. The first-order valence-corrected chi connectivity index (χ1v) is 13.5. The Labute approximate surface area is 235 Å². The van der Waals surface area contributed by atoms with Gasteiger partial charge < -0.3 is 39.3 Å². The molecule has 0 saturated carbocycles. The van der Waals surface area contributed by atoms with E-state index in [9.17, 15) is 24.3 Å². The van der Waals surface area contributed by atoms with E-state index in [0.717, 1.165) is 12.8 Å². The van der Waals surface area contributed by atoms with E-state index in [1.807, 2.05) is 34.6 Å². The third kappa shape index (κ3) is 13.5. The van der Waals surface area contributed by atoms with Gasteiger partial charge in [0.2, 0.25) is 0 Å². The third-order valence-electron chi connectivity index (χ3n) is 5.42. The van der Waals surface area contributed by atoms with Crippen molar-refractivity contribution >= 4 is 24.4 Å². The normalized spacial score (nSPS) is 13.2. The summed E-state index contributed by atoms with van der Waals surface area (Å²) < 4.78 is 31.0. The fourth-order valence-electron chi connectivity index (χ4n) is 3.40. The Bertz CT molecular complexity index is 964. The smallest absolute Gasteiger partial charge is 0.480 e. The van der Waals surface area contributed by atoms with Gasteiger partial charge in [0.15, 0.2) is 11.5 Å². The van der Waals surface area contributed by atoms with Gasteiger partial charge in [-0.05, 0) is 49.3 Å². The van der Waals surface area contributed by atoms with Crippen molar-refractivity contribution in [2.75, 3.05) is 19.8 Å². The number of ether oxygens (including phenoxy) is 6. The van der Waals surface area contributed by atoms with Crippen LogP contribution in [0.1, 0.15) is 78.7 Å². The Morgan fingerprint density at radius 3 is 1.93 bits per heavy atom. The zero-order valence-electron chi connectivity index (χ0n) is 24.2. The van der Waals surface area contributed by atoms with Crippen LogP contribution in [0.5, 0.6) is 11.5 Å². The molecule has 0 heterocycles. The molecule has 0 aromatic heterocycles. The van der Waals surface area contributed by atoms with Gasteiger partial charge in [-0.25, -0.2) is 14.4 Å². The summed E-state index contributed by atoms with van der Waals surface area (Å²) in [7, 11) is 0. The van der Waals surface area contributed by atoms with E-state index in [4.69, 9.17) is 34.2 Å². The molecule has 2 unspecified atom stereocenters. The zero-order valence-corrected chi connectivity index (χ0v) is 24.2. The Morgan fingerprint density at radius 2 is 1.40 bits per heavy atom. The fraction of sp³-hybridized carbons (Fsp3) is 0.643. The van der Waals surface area contributed by atoms with Gasteiger partial charge in [0.05, 0.1) is 19.8 Å².